The standard InChI is InChI=1S/C11H19N5O2S/c12-14-10(18)11-13-9(8-19-11)7-16-3-1-15(2-4-16)5-6-17/h8,17H,1-7,12H2,(H,14,18). The van der Waals surface area contributed by atoms with Crippen LogP contribution in [0.25, 0.3) is 0 Å². The van der Waals surface area contributed by atoms with Crippen molar-refractivity contribution in [2.24, 2.45) is 5.84 Å². The van der Waals surface area contributed by atoms with Gasteiger partial charge in [0.2, 0.25) is 0 Å². The zero-order valence-corrected chi connectivity index (χ0v) is 11.5. The Balaban J connectivity index is 1.82. The monoisotopic (exact) mass is 285 g/mol. The van der Waals surface area contributed by atoms with Crippen molar-refractivity contribution in [3.8, 4) is 0 Å². The van der Waals surface area contributed by atoms with Crippen LogP contribution in [0.4, 0.5) is 0 Å². The minimum atomic E-state index is -0.344. The van der Waals surface area contributed by atoms with E-state index in [1.165, 1.54) is 11.3 Å². The lowest BCUT2D eigenvalue weighted by Crippen LogP contribution is -2.46. The average molecular weight is 285 g/mol. The fourth-order valence-electron chi connectivity index (χ4n) is 2.09. The van der Waals surface area contributed by atoms with Crippen LogP contribution >= 0.6 is 11.3 Å². The van der Waals surface area contributed by atoms with E-state index in [9.17, 15) is 4.79 Å². The number of aromatic nitrogens is 1. The third-order valence-electron chi connectivity index (χ3n) is 3.14. The van der Waals surface area contributed by atoms with Gasteiger partial charge in [-0.15, -0.1) is 11.3 Å². The highest BCUT2D eigenvalue weighted by Gasteiger charge is 2.18. The van der Waals surface area contributed by atoms with Crippen LogP contribution in [0.5, 0.6) is 0 Å². The Bertz CT molecular complexity index is 417. The SMILES string of the molecule is NNC(=O)c1nc(CN2CCN(CCO)CC2)cs1. The number of nitrogen functional groups attached to an aromatic ring is 1. The number of thiazole rings is 1. The first kappa shape index (κ1) is 14.4. The van der Waals surface area contributed by atoms with E-state index in [-0.39, 0.29) is 12.5 Å². The summed E-state index contributed by atoms with van der Waals surface area (Å²) in [6, 6.07) is 0. The lowest BCUT2D eigenvalue weighted by atomic mass is 10.3. The molecular weight excluding hydrogens is 266 g/mol. The lowest BCUT2D eigenvalue weighted by Gasteiger charge is -2.33. The minimum absolute atomic E-state index is 0.212. The Labute approximate surface area is 116 Å². The Morgan fingerprint density at radius 3 is 2.74 bits per heavy atom. The van der Waals surface area contributed by atoms with Gasteiger partial charge in [0, 0.05) is 44.6 Å². The summed E-state index contributed by atoms with van der Waals surface area (Å²) in [6.07, 6.45) is 0. The summed E-state index contributed by atoms with van der Waals surface area (Å²) in [5.41, 5.74) is 2.99. The summed E-state index contributed by atoms with van der Waals surface area (Å²) in [5, 5.41) is 11.2. The Morgan fingerprint density at radius 1 is 1.42 bits per heavy atom. The third-order valence-corrected chi connectivity index (χ3v) is 4.03. The molecule has 1 aromatic rings. The molecule has 0 unspecified atom stereocenters. The second-order valence-electron chi connectivity index (χ2n) is 4.46. The number of β-amino-alcohol motifs (C(OH)–C–C–N with tert-alkyl or cyclic N) is 1. The molecule has 0 bridgehead atoms. The van der Waals surface area contributed by atoms with Crippen molar-refractivity contribution in [3.05, 3.63) is 16.1 Å². The maximum Gasteiger partial charge on any atom is 0.294 e. The summed E-state index contributed by atoms with van der Waals surface area (Å²) in [6.45, 7) is 5.53. The van der Waals surface area contributed by atoms with Crippen LogP contribution in [0, 0.1) is 0 Å². The topological polar surface area (TPSA) is 94.7 Å². The highest BCUT2D eigenvalue weighted by atomic mass is 32.1. The largest absolute Gasteiger partial charge is 0.395 e. The number of amides is 1. The summed E-state index contributed by atoms with van der Waals surface area (Å²) >= 11 is 1.31. The Hall–Kier alpha value is -1.06. The highest BCUT2D eigenvalue weighted by Crippen LogP contribution is 2.13. The third kappa shape index (κ3) is 3.95. The predicted molar refractivity (Wildman–Crippen MR) is 72.6 cm³/mol. The molecule has 8 heteroatoms. The number of carbonyl (C=O) groups excluding carboxylic acids is 1. The number of aliphatic hydroxyl groups excluding tert-OH is 1. The van der Waals surface area contributed by atoms with Gasteiger partial charge < -0.3 is 5.11 Å². The maximum absolute atomic E-state index is 11.3. The summed E-state index contributed by atoms with van der Waals surface area (Å²) < 4.78 is 0. The van der Waals surface area contributed by atoms with Gasteiger partial charge in [-0.3, -0.25) is 20.0 Å². The van der Waals surface area contributed by atoms with E-state index >= 15 is 0 Å². The van der Waals surface area contributed by atoms with E-state index in [4.69, 9.17) is 10.9 Å². The quantitative estimate of drug-likeness (QED) is 0.359. The van der Waals surface area contributed by atoms with Gasteiger partial charge in [-0.05, 0) is 0 Å². The molecule has 0 atom stereocenters. The Kier molecular flexibility index (Phi) is 5.23. The molecule has 0 spiro atoms. The van der Waals surface area contributed by atoms with E-state index in [0.717, 1.165) is 45.0 Å². The number of aliphatic hydroxyl groups is 1. The fourth-order valence-corrected chi connectivity index (χ4v) is 2.80. The van der Waals surface area contributed by atoms with Crippen molar-refractivity contribution in [2.45, 2.75) is 6.54 Å². The highest BCUT2D eigenvalue weighted by molar-refractivity contribution is 7.11. The average Bonchev–Trinajstić information content (AvgIpc) is 2.89. The number of carbonyl (C=O) groups is 1. The van der Waals surface area contributed by atoms with Crippen LogP contribution in [0.1, 0.15) is 15.5 Å². The van der Waals surface area contributed by atoms with Gasteiger partial charge in [-0.1, -0.05) is 0 Å². The summed E-state index contributed by atoms with van der Waals surface area (Å²) in [4.78, 5) is 20.1. The molecule has 1 fully saturated rings. The molecule has 7 nitrogen and oxygen atoms in total. The number of nitrogens with zero attached hydrogens (tertiary/aromatic N) is 3. The smallest absolute Gasteiger partial charge is 0.294 e. The van der Waals surface area contributed by atoms with Crippen molar-refractivity contribution in [2.75, 3.05) is 39.3 Å². The molecule has 4 N–H and O–H groups in total. The van der Waals surface area contributed by atoms with Crippen LogP contribution in [0.2, 0.25) is 0 Å². The van der Waals surface area contributed by atoms with E-state index < -0.39 is 0 Å². The van der Waals surface area contributed by atoms with Crippen molar-refractivity contribution in [1.29, 1.82) is 0 Å². The molecule has 2 heterocycles. The second kappa shape index (κ2) is 6.92. The molecule has 19 heavy (non-hydrogen) atoms. The van der Waals surface area contributed by atoms with Crippen LogP contribution in [-0.2, 0) is 6.54 Å². The van der Waals surface area contributed by atoms with Gasteiger partial charge in [0.15, 0.2) is 5.01 Å². The van der Waals surface area contributed by atoms with Crippen molar-refractivity contribution < 1.29 is 9.90 Å². The van der Waals surface area contributed by atoms with Gasteiger partial charge in [0.05, 0.1) is 12.3 Å². The molecule has 0 aromatic carbocycles. The second-order valence-corrected chi connectivity index (χ2v) is 5.32. The number of nitrogens with two attached hydrogens (primary N) is 1. The van der Waals surface area contributed by atoms with Gasteiger partial charge in [0.25, 0.3) is 5.91 Å². The van der Waals surface area contributed by atoms with Crippen LogP contribution in [0.3, 0.4) is 0 Å². The molecule has 0 aliphatic carbocycles. The number of hydrogen-bond acceptors (Lipinski definition) is 7. The maximum atomic E-state index is 11.3. The molecule has 1 amide bonds. The van der Waals surface area contributed by atoms with Crippen LogP contribution in [0.15, 0.2) is 5.38 Å². The molecular formula is C11H19N5O2S. The zero-order valence-electron chi connectivity index (χ0n) is 10.7. The normalized spacial score (nSPS) is 17.6. The number of hydrogen-bond donors (Lipinski definition) is 3. The van der Waals surface area contributed by atoms with Crippen molar-refractivity contribution in [3.63, 3.8) is 0 Å². The lowest BCUT2D eigenvalue weighted by molar-refractivity contribution is 0.0952. The van der Waals surface area contributed by atoms with E-state index in [2.05, 4.69) is 20.2 Å². The number of nitrogens with one attached hydrogen (secondary N) is 1. The van der Waals surface area contributed by atoms with Gasteiger partial charge in [-0.25, -0.2) is 10.8 Å². The molecule has 0 radical (unpaired) electrons. The molecule has 1 saturated heterocycles. The minimum Gasteiger partial charge on any atom is -0.395 e. The Morgan fingerprint density at radius 2 is 2.11 bits per heavy atom. The summed E-state index contributed by atoms with van der Waals surface area (Å²) in [7, 11) is 0. The molecule has 2 rings (SSSR count). The van der Waals surface area contributed by atoms with Crippen LogP contribution < -0.4 is 11.3 Å². The van der Waals surface area contributed by atoms with Gasteiger partial charge >= 0.3 is 0 Å². The van der Waals surface area contributed by atoms with E-state index in [1.54, 1.807) is 0 Å². The number of piperazine rings is 1. The number of rotatable bonds is 5. The zero-order chi connectivity index (χ0) is 13.7. The van der Waals surface area contributed by atoms with Crippen molar-refractivity contribution >= 4 is 17.2 Å². The van der Waals surface area contributed by atoms with E-state index in [1.807, 2.05) is 5.38 Å². The van der Waals surface area contributed by atoms with Crippen molar-refractivity contribution in [1.82, 2.24) is 20.2 Å². The number of hydrazine groups is 1. The van der Waals surface area contributed by atoms with Gasteiger partial charge in [-0.2, -0.15) is 0 Å². The first-order valence-corrected chi connectivity index (χ1v) is 7.12. The van der Waals surface area contributed by atoms with E-state index in [0.29, 0.717) is 5.01 Å². The predicted octanol–water partition coefficient (Wildman–Crippen LogP) is -1.14. The molecule has 0 saturated carbocycles. The first-order chi connectivity index (χ1) is 9.22. The molecule has 1 aliphatic heterocycles. The fraction of sp³-hybridized carbons (Fsp3) is 0.636. The van der Waals surface area contributed by atoms with Gasteiger partial charge in [0.1, 0.15) is 0 Å². The first-order valence-electron chi connectivity index (χ1n) is 6.24. The summed E-state index contributed by atoms with van der Waals surface area (Å²) in [5.74, 6) is 4.73. The molecule has 1 aromatic heterocycles. The molecule has 1 aliphatic rings. The molecule has 106 valence electrons. The van der Waals surface area contributed by atoms with Crippen LogP contribution in [-0.4, -0.2) is 65.1 Å².